The lowest BCUT2D eigenvalue weighted by molar-refractivity contribution is -0.136. The fourth-order valence-corrected chi connectivity index (χ4v) is 3.00. The highest BCUT2D eigenvalue weighted by Crippen LogP contribution is 2.34. The van der Waals surface area contributed by atoms with E-state index in [0.717, 1.165) is 0 Å². The van der Waals surface area contributed by atoms with E-state index in [1.54, 1.807) is 37.3 Å². The Hall–Kier alpha value is -3.41. The minimum absolute atomic E-state index is 0.146. The number of aliphatic carboxylic acids is 1. The van der Waals surface area contributed by atoms with Crippen molar-refractivity contribution < 1.29 is 28.6 Å². The molecule has 1 heterocycles. The van der Waals surface area contributed by atoms with Crippen LogP contribution < -0.4 is 4.74 Å². The lowest BCUT2D eigenvalue weighted by Gasteiger charge is -2.08. The molecule has 3 aromatic rings. The zero-order valence-electron chi connectivity index (χ0n) is 14.9. The normalized spacial score (nSPS) is 10.7. The molecule has 0 atom stereocenters. The molecule has 1 N–H and O–H groups in total. The molecule has 0 bridgehead atoms. The highest BCUT2D eigenvalue weighted by molar-refractivity contribution is 6.17. The summed E-state index contributed by atoms with van der Waals surface area (Å²) in [7, 11) is 1.42. The molecule has 0 fully saturated rings. The third-order valence-electron chi connectivity index (χ3n) is 4.32. The van der Waals surface area contributed by atoms with E-state index >= 15 is 0 Å². The monoisotopic (exact) mass is 366 g/mol. The van der Waals surface area contributed by atoms with E-state index in [1.165, 1.54) is 13.2 Å². The van der Waals surface area contributed by atoms with Crippen molar-refractivity contribution in [2.45, 2.75) is 19.8 Å². The highest BCUT2D eigenvalue weighted by Gasteiger charge is 2.23. The number of hydrogen-bond donors (Lipinski definition) is 1. The van der Waals surface area contributed by atoms with Crippen LogP contribution >= 0.6 is 0 Å². The summed E-state index contributed by atoms with van der Waals surface area (Å²) in [6.45, 7) is 1.69. The van der Waals surface area contributed by atoms with Crippen molar-refractivity contribution in [2.75, 3.05) is 7.11 Å². The van der Waals surface area contributed by atoms with Crippen LogP contribution in [-0.2, 0) is 4.79 Å². The number of rotatable bonds is 7. The number of fused-ring (bicyclic) bond motifs is 1. The van der Waals surface area contributed by atoms with Gasteiger partial charge < -0.3 is 14.3 Å². The Morgan fingerprint density at radius 3 is 2.41 bits per heavy atom. The van der Waals surface area contributed by atoms with Gasteiger partial charge in [-0.2, -0.15) is 0 Å². The van der Waals surface area contributed by atoms with Gasteiger partial charge in [0.05, 0.1) is 24.7 Å². The van der Waals surface area contributed by atoms with Gasteiger partial charge >= 0.3 is 5.97 Å². The molecule has 0 saturated carbocycles. The van der Waals surface area contributed by atoms with Gasteiger partial charge in [0.2, 0.25) is 0 Å². The molecule has 0 spiro atoms. The van der Waals surface area contributed by atoms with E-state index in [2.05, 4.69) is 0 Å². The number of methoxy groups -OCH3 is 1. The average Bonchev–Trinajstić information content (AvgIpc) is 2.99. The van der Waals surface area contributed by atoms with Gasteiger partial charge in [-0.05, 0) is 19.1 Å². The molecule has 0 saturated heterocycles. The molecule has 0 aliphatic carbocycles. The van der Waals surface area contributed by atoms with Crippen LogP contribution in [0.2, 0.25) is 0 Å². The molecule has 3 rings (SSSR count). The van der Waals surface area contributed by atoms with Crippen LogP contribution in [0.4, 0.5) is 0 Å². The van der Waals surface area contributed by atoms with Crippen molar-refractivity contribution in [1.82, 2.24) is 0 Å². The highest BCUT2D eigenvalue weighted by atomic mass is 16.5. The minimum atomic E-state index is -1.05. The molecular weight excluding hydrogens is 348 g/mol. The SMILES string of the molecule is COc1cc2c(C(=O)c3ccccc3)c(C)oc2cc1C(=O)CCC(=O)O. The quantitative estimate of drug-likeness (QED) is 0.635. The Labute approximate surface area is 155 Å². The fraction of sp³-hybridized carbons (Fsp3) is 0.190. The zero-order chi connectivity index (χ0) is 19.6. The molecule has 0 radical (unpaired) electrons. The molecule has 0 aliphatic rings. The number of benzene rings is 2. The van der Waals surface area contributed by atoms with E-state index < -0.39 is 5.97 Å². The number of carbonyl (C=O) groups excluding carboxylic acids is 2. The summed E-state index contributed by atoms with van der Waals surface area (Å²) in [5.41, 5.74) is 1.56. The first kappa shape index (κ1) is 18.4. The van der Waals surface area contributed by atoms with Crippen molar-refractivity contribution in [3.8, 4) is 5.75 Å². The van der Waals surface area contributed by atoms with Crippen LogP contribution in [0.5, 0.6) is 5.75 Å². The Morgan fingerprint density at radius 2 is 1.78 bits per heavy atom. The summed E-state index contributed by atoms with van der Waals surface area (Å²) in [6.07, 6.45) is -0.415. The topological polar surface area (TPSA) is 93.8 Å². The first-order valence-corrected chi connectivity index (χ1v) is 8.38. The minimum Gasteiger partial charge on any atom is -0.496 e. The molecule has 6 heteroatoms. The molecule has 138 valence electrons. The summed E-state index contributed by atoms with van der Waals surface area (Å²) in [5.74, 6) is -0.871. The lowest BCUT2D eigenvalue weighted by Crippen LogP contribution is -2.06. The second kappa shape index (κ2) is 7.45. The summed E-state index contributed by atoms with van der Waals surface area (Å²) >= 11 is 0. The van der Waals surface area contributed by atoms with Crippen LogP contribution in [0.25, 0.3) is 11.0 Å². The van der Waals surface area contributed by atoms with Crippen molar-refractivity contribution in [3.05, 3.63) is 64.9 Å². The van der Waals surface area contributed by atoms with Crippen LogP contribution in [0.3, 0.4) is 0 Å². The summed E-state index contributed by atoms with van der Waals surface area (Å²) in [4.78, 5) is 36.0. The third-order valence-corrected chi connectivity index (χ3v) is 4.32. The molecule has 0 unspecified atom stereocenters. The standard InChI is InChI=1S/C21H18O6/c1-12-20(21(25)13-6-4-3-5-7-13)15-11-17(26-2)14(10-18(15)27-12)16(22)8-9-19(23)24/h3-7,10-11H,8-9H2,1-2H3,(H,23,24). The van der Waals surface area contributed by atoms with Gasteiger partial charge in [-0.3, -0.25) is 14.4 Å². The number of carboxylic acid groups (broad SMARTS) is 1. The van der Waals surface area contributed by atoms with Crippen LogP contribution in [0.1, 0.15) is 44.9 Å². The van der Waals surface area contributed by atoms with Gasteiger partial charge in [0.1, 0.15) is 17.1 Å². The van der Waals surface area contributed by atoms with Crippen LogP contribution in [-0.4, -0.2) is 29.8 Å². The second-order valence-electron chi connectivity index (χ2n) is 6.09. The van der Waals surface area contributed by atoms with Crippen molar-refractivity contribution in [3.63, 3.8) is 0 Å². The number of ether oxygens (including phenoxy) is 1. The van der Waals surface area contributed by atoms with E-state index in [9.17, 15) is 14.4 Å². The van der Waals surface area contributed by atoms with E-state index in [4.69, 9.17) is 14.3 Å². The first-order valence-electron chi connectivity index (χ1n) is 8.38. The molecule has 0 amide bonds. The van der Waals surface area contributed by atoms with E-state index in [0.29, 0.717) is 27.9 Å². The molecule has 2 aromatic carbocycles. The molecule has 6 nitrogen and oxygen atoms in total. The summed E-state index contributed by atoms with van der Waals surface area (Å²) in [5, 5.41) is 9.33. The lowest BCUT2D eigenvalue weighted by atomic mass is 9.98. The van der Waals surface area contributed by atoms with Gasteiger partial charge in [0, 0.05) is 17.4 Å². The van der Waals surface area contributed by atoms with Crippen molar-refractivity contribution >= 4 is 28.5 Å². The first-order chi connectivity index (χ1) is 12.9. The molecular formula is C21H18O6. The third kappa shape index (κ3) is 3.60. The number of ketones is 2. The molecule has 0 aliphatic heterocycles. The fourth-order valence-electron chi connectivity index (χ4n) is 3.00. The largest absolute Gasteiger partial charge is 0.496 e. The maximum absolute atomic E-state index is 12.9. The van der Waals surface area contributed by atoms with Gasteiger partial charge in [-0.1, -0.05) is 30.3 Å². The average molecular weight is 366 g/mol. The second-order valence-corrected chi connectivity index (χ2v) is 6.09. The Kier molecular flexibility index (Phi) is 5.07. The van der Waals surface area contributed by atoms with E-state index in [-0.39, 0.29) is 35.7 Å². The number of carbonyl (C=O) groups is 3. The van der Waals surface area contributed by atoms with Crippen molar-refractivity contribution in [2.24, 2.45) is 0 Å². The molecule has 27 heavy (non-hydrogen) atoms. The van der Waals surface area contributed by atoms with Gasteiger partial charge in [0.25, 0.3) is 0 Å². The summed E-state index contributed by atoms with van der Waals surface area (Å²) < 4.78 is 11.0. The van der Waals surface area contributed by atoms with Gasteiger partial charge in [0.15, 0.2) is 11.6 Å². The predicted molar refractivity (Wildman–Crippen MR) is 98.6 cm³/mol. The maximum Gasteiger partial charge on any atom is 0.303 e. The van der Waals surface area contributed by atoms with E-state index in [1.807, 2.05) is 6.07 Å². The summed E-state index contributed by atoms with van der Waals surface area (Å²) in [6, 6.07) is 11.9. The Balaban J connectivity index is 2.09. The Morgan fingerprint density at radius 1 is 1.07 bits per heavy atom. The van der Waals surface area contributed by atoms with Crippen LogP contribution in [0, 0.1) is 6.92 Å². The van der Waals surface area contributed by atoms with Gasteiger partial charge in [-0.25, -0.2) is 0 Å². The molecule has 1 aromatic heterocycles. The Bertz CT molecular complexity index is 1030. The zero-order valence-corrected chi connectivity index (χ0v) is 14.9. The number of hydrogen-bond acceptors (Lipinski definition) is 5. The smallest absolute Gasteiger partial charge is 0.303 e. The van der Waals surface area contributed by atoms with Crippen molar-refractivity contribution in [1.29, 1.82) is 0 Å². The van der Waals surface area contributed by atoms with Crippen LogP contribution in [0.15, 0.2) is 46.9 Å². The number of carboxylic acids is 1. The number of Topliss-reactive ketones (excluding diaryl/α,β-unsaturated/α-hetero) is 1. The maximum atomic E-state index is 12.9. The number of furan rings is 1. The van der Waals surface area contributed by atoms with Gasteiger partial charge in [-0.15, -0.1) is 0 Å². The predicted octanol–water partition coefficient (Wildman–Crippen LogP) is 4.03. The number of aryl methyl sites for hydroxylation is 1.